The Bertz CT molecular complexity index is 809. The summed E-state index contributed by atoms with van der Waals surface area (Å²) in [5.74, 6) is -0.0693. The molecule has 1 unspecified atom stereocenters. The Hall–Kier alpha value is -2.37. The maximum atomic E-state index is 12.4. The van der Waals surface area contributed by atoms with Crippen LogP contribution in [0.1, 0.15) is 31.4 Å². The van der Waals surface area contributed by atoms with E-state index in [0.717, 1.165) is 17.7 Å². The summed E-state index contributed by atoms with van der Waals surface area (Å²) in [5.41, 5.74) is 2.35. The fourth-order valence-corrected chi connectivity index (χ4v) is 3.39. The van der Waals surface area contributed by atoms with Gasteiger partial charge < -0.3 is 15.5 Å². The molecular formula is C20H22ClN3O2. The average Bonchev–Trinajstić information content (AvgIpc) is 3.06. The highest BCUT2D eigenvalue weighted by Gasteiger charge is 2.24. The van der Waals surface area contributed by atoms with E-state index < -0.39 is 0 Å². The highest BCUT2D eigenvalue weighted by atomic mass is 35.5. The fourth-order valence-electron chi connectivity index (χ4n) is 3.09. The lowest BCUT2D eigenvalue weighted by Crippen LogP contribution is -2.31. The highest BCUT2D eigenvalue weighted by molar-refractivity contribution is 6.31. The quantitative estimate of drug-likeness (QED) is 0.812. The average molecular weight is 372 g/mol. The van der Waals surface area contributed by atoms with Crippen LogP contribution in [0.4, 0.5) is 11.4 Å². The Labute approximate surface area is 158 Å². The number of hydrogen-bond donors (Lipinski definition) is 2. The van der Waals surface area contributed by atoms with Gasteiger partial charge in [0.1, 0.15) is 0 Å². The van der Waals surface area contributed by atoms with Crippen molar-refractivity contribution in [3.63, 3.8) is 0 Å². The zero-order valence-corrected chi connectivity index (χ0v) is 15.4. The van der Waals surface area contributed by atoms with Crippen molar-refractivity contribution in [1.82, 2.24) is 5.32 Å². The molecule has 1 aliphatic rings. The molecule has 2 aromatic carbocycles. The maximum Gasteiger partial charge on any atom is 0.238 e. The molecule has 2 amide bonds. The third-order valence-electron chi connectivity index (χ3n) is 4.48. The molecule has 1 saturated heterocycles. The smallest absolute Gasteiger partial charge is 0.238 e. The molecule has 136 valence electrons. The van der Waals surface area contributed by atoms with Gasteiger partial charge in [-0.15, -0.1) is 0 Å². The molecule has 5 nitrogen and oxygen atoms in total. The van der Waals surface area contributed by atoms with E-state index in [-0.39, 0.29) is 24.4 Å². The van der Waals surface area contributed by atoms with Crippen molar-refractivity contribution < 1.29 is 9.59 Å². The normalized spacial score (nSPS) is 15.2. The molecule has 0 radical (unpaired) electrons. The van der Waals surface area contributed by atoms with Crippen molar-refractivity contribution in [2.24, 2.45) is 0 Å². The van der Waals surface area contributed by atoms with Gasteiger partial charge in [-0.2, -0.15) is 0 Å². The summed E-state index contributed by atoms with van der Waals surface area (Å²) in [6.07, 6.45) is 1.40. The van der Waals surface area contributed by atoms with E-state index in [1.807, 2.05) is 55.5 Å². The van der Waals surface area contributed by atoms with Gasteiger partial charge in [-0.05, 0) is 37.1 Å². The minimum Gasteiger partial charge on any atom is -0.323 e. The third-order valence-corrected chi connectivity index (χ3v) is 4.83. The molecule has 0 spiro atoms. The maximum absolute atomic E-state index is 12.4. The van der Waals surface area contributed by atoms with Crippen LogP contribution in [0, 0.1) is 0 Å². The van der Waals surface area contributed by atoms with E-state index in [9.17, 15) is 9.59 Å². The van der Waals surface area contributed by atoms with Crippen LogP contribution in [-0.2, 0) is 9.59 Å². The van der Waals surface area contributed by atoms with Crippen LogP contribution in [-0.4, -0.2) is 24.9 Å². The Morgan fingerprint density at radius 2 is 1.92 bits per heavy atom. The minimum absolute atomic E-state index is 0.0511. The van der Waals surface area contributed by atoms with Crippen LogP contribution in [0.2, 0.25) is 5.02 Å². The van der Waals surface area contributed by atoms with E-state index in [1.54, 1.807) is 4.90 Å². The van der Waals surface area contributed by atoms with Crippen molar-refractivity contribution in [1.29, 1.82) is 0 Å². The zero-order chi connectivity index (χ0) is 18.5. The summed E-state index contributed by atoms with van der Waals surface area (Å²) in [5, 5.41) is 6.75. The summed E-state index contributed by atoms with van der Waals surface area (Å²) < 4.78 is 0. The van der Waals surface area contributed by atoms with E-state index in [0.29, 0.717) is 23.7 Å². The first-order valence-corrected chi connectivity index (χ1v) is 9.11. The molecule has 26 heavy (non-hydrogen) atoms. The molecule has 2 aromatic rings. The van der Waals surface area contributed by atoms with E-state index in [2.05, 4.69) is 10.6 Å². The molecule has 2 N–H and O–H groups in total. The van der Waals surface area contributed by atoms with Gasteiger partial charge in [0.25, 0.3) is 0 Å². The number of rotatable bonds is 6. The van der Waals surface area contributed by atoms with Crippen LogP contribution in [0.5, 0.6) is 0 Å². The first kappa shape index (κ1) is 18.4. The molecule has 6 heteroatoms. The van der Waals surface area contributed by atoms with Crippen molar-refractivity contribution in [2.75, 3.05) is 23.3 Å². The summed E-state index contributed by atoms with van der Waals surface area (Å²) in [6, 6.07) is 14.9. The second kappa shape index (κ2) is 8.34. The van der Waals surface area contributed by atoms with Gasteiger partial charge >= 0.3 is 0 Å². The molecular weight excluding hydrogens is 350 g/mol. The number of benzene rings is 2. The number of carbonyl (C=O) groups is 2. The summed E-state index contributed by atoms with van der Waals surface area (Å²) in [7, 11) is 0. The van der Waals surface area contributed by atoms with Crippen LogP contribution >= 0.6 is 11.6 Å². The van der Waals surface area contributed by atoms with Crippen molar-refractivity contribution in [3.8, 4) is 0 Å². The Kier molecular flexibility index (Phi) is 5.91. The summed E-state index contributed by atoms with van der Waals surface area (Å²) in [4.78, 5) is 26.1. The molecule has 0 saturated carbocycles. The monoisotopic (exact) mass is 371 g/mol. The largest absolute Gasteiger partial charge is 0.323 e. The summed E-state index contributed by atoms with van der Waals surface area (Å²) in [6.45, 7) is 2.80. The lowest BCUT2D eigenvalue weighted by Gasteiger charge is -2.20. The Morgan fingerprint density at radius 1 is 1.19 bits per heavy atom. The first-order valence-electron chi connectivity index (χ1n) is 8.73. The van der Waals surface area contributed by atoms with Crippen LogP contribution < -0.4 is 15.5 Å². The number of anilines is 2. The standard InChI is InChI=1S/C20H22ClN3O2/c1-14(15-7-2-3-8-16(15)21)22-13-19(25)23-17-9-4-5-10-18(17)24-12-6-11-20(24)26/h2-5,7-10,14,22H,6,11-13H2,1H3,(H,23,25). The van der Waals surface area contributed by atoms with Crippen LogP contribution in [0.3, 0.4) is 0 Å². The molecule has 1 aliphatic heterocycles. The fraction of sp³-hybridized carbons (Fsp3) is 0.300. The lowest BCUT2D eigenvalue weighted by molar-refractivity contribution is -0.117. The predicted octanol–water partition coefficient (Wildman–Crippen LogP) is 3.76. The number of carbonyl (C=O) groups excluding carboxylic acids is 2. The Morgan fingerprint density at radius 3 is 2.65 bits per heavy atom. The summed E-state index contributed by atoms with van der Waals surface area (Å²) >= 11 is 6.19. The molecule has 1 atom stereocenters. The number of nitrogens with zero attached hydrogens (tertiary/aromatic N) is 1. The number of hydrogen-bond acceptors (Lipinski definition) is 3. The second-order valence-electron chi connectivity index (χ2n) is 6.34. The number of halogens is 1. The highest BCUT2D eigenvalue weighted by Crippen LogP contribution is 2.29. The molecule has 0 aromatic heterocycles. The molecule has 3 rings (SSSR count). The van der Waals surface area contributed by atoms with Crippen molar-refractivity contribution in [2.45, 2.75) is 25.8 Å². The number of para-hydroxylation sites is 2. The first-order chi connectivity index (χ1) is 12.6. The molecule has 0 aliphatic carbocycles. The second-order valence-corrected chi connectivity index (χ2v) is 6.75. The van der Waals surface area contributed by atoms with Crippen molar-refractivity contribution >= 4 is 34.8 Å². The predicted molar refractivity (Wildman–Crippen MR) is 105 cm³/mol. The van der Waals surface area contributed by atoms with Crippen molar-refractivity contribution in [3.05, 3.63) is 59.1 Å². The van der Waals surface area contributed by atoms with Gasteiger partial charge in [0.05, 0.1) is 17.9 Å². The van der Waals surface area contributed by atoms with Gasteiger partial charge in [-0.1, -0.05) is 41.9 Å². The third kappa shape index (κ3) is 4.23. The van der Waals surface area contributed by atoms with Gasteiger partial charge in [-0.25, -0.2) is 0 Å². The van der Waals surface area contributed by atoms with E-state index in [1.165, 1.54) is 0 Å². The van der Waals surface area contributed by atoms with E-state index in [4.69, 9.17) is 11.6 Å². The molecule has 0 bridgehead atoms. The molecule has 1 heterocycles. The number of nitrogens with one attached hydrogen (secondary N) is 2. The lowest BCUT2D eigenvalue weighted by atomic mass is 10.1. The zero-order valence-electron chi connectivity index (χ0n) is 14.7. The topological polar surface area (TPSA) is 61.4 Å². The van der Waals surface area contributed by atoms with Gasteiger partial charge in [0.2, 0.25) is 11.8 Å². The Balaban J connectivity index is 1.62. The van der Waals surface area contributed by atoms with Gasteiger partial charge in [-0.3, -0.25) is 9.59 Å². The van der Waals surface area contributed by atoms with Crippen LogP contribution in [0.15, 0.2) is 48.5 Å². The SMILES string of the molecule is CC(NCC(=O)Nc1ccccc1N1CCCC1=O)c1ccccc1Cl. The minimum atomic E-state index is -0.164. The van der Waals surface area contributed by atoms with Gasteiger partial charge in [0.15, 0.2) is 0 Å². The number of amides is 2. The molecule has 1 fully saturated rings. The van der Waals surface area contributed by atoms with Gasteiger partial charge in [0, 0.05) is 24.0 Å². The van der Waals surface area contributed by atoms with E-state index >= 15 is 0 Å². The van der Waals surface area contributed by atoms with Crippen LogP contribution in [0.25, 0.3) is 0 Å².